The molecule has 0 saturated heterocycles. The van der Waals surface area contributed by atoms with Gasteiger partial charge in [-0.3, -0.25) is 4.79 Å². The summed E-state index contributed by atoms with van der Waals surface area (Å²) in [6, 6.07) is 2.17. The van der Waals surface area contributed by atoms with Gasteiger partial charge in [0, 0.05) is 17.3 Å². The van der Waals surface area contributed by atoms with E-state index in [1.54, 1.807) is 11.3 Å². The van der Waals surface area contributed by atoms with Gasteiger partial charge in [0.1, 0.15) is 5.60 Å². The zero-order valence-corrected chi connectivity index (χ0v) is 16.5. The highest BCUT2D eigenvalue weighted by molar-refractivity contribution is 7.11. The fraction of sp³-hybridized carbons (Fsp3) is 0.444. The van der Waals surface area contributed by atoms with Crippen molar-refractivity contribution >= 4 is 41.2 Å². The van der Waals surface area contributed by atoms with Crippen LogP contribution in [0.5, 0.6) is 0 Å². The standard InChI is InChI=1S/C12H16N2S.C6H8O7/c1-10-6-9-15-11(10)4-5-12-13-7-3-8-14(12)2;7-3(8)1-6(13,5(11)12)2-4(9)10/h4-6,9H,3,7-8H2,1-2H3;13H,1-2H2,(H,7,8)(H,9,10)(H,11,12)/b5-4+;. The molecule has 0 spiro atoms. The van der Waals surface area contributed by atoms with Crippen LogP contribution in [0.3, 0.4) is 0 Å². The maximum absolute atomic E-state index is 10.2. The number of carboxylic acid groups (broad SMARTS) is 3. The van der Waals surface area contributed by atoms with E-state index in [-0.39, 0.29) is 0 Å². The van der Waals surface area contributed by atoms with Crippen LogP contribution in [0.2, 0.25) is 0 Å². The molecule has 0 fully saturated rings. The fourth-order valence-electron chi connectivity index (χ4n) is 2.47. The second-order valence-electron chi connectivity index (χ2n) is 6.46. The van der Waals surface area contributed by atoms with Gasteiger partial charge in [0.05, 0.1) is 38.5 Å². The molecule has 2 atom stereocenters. The van der Waals surface area contributed by atoms with E-state index in [9.17, 15) is 24.6 Å². The van der Waals surface area contributed by atoms with Crippen LogP contribution in [0.4, 0.5) is 0 Å². The molecule has 2 rings (SSSR count). The molecule has 0 aliphatic carbocycles. The number of hydrogen-bond donors (Lipinski definition) is 4. The molecule has 0 amide bonds. The monoisotopic (exact) mass is 412 g/mol. The Kier molecular flexibility index (Phi) is 8.97. The molecule has 2 unspecified atom stereocenters. The van der Waals surface area contributed by atoms with Gasteiger partial charge in [0.25, 0.3) is 0 Å². The highest BCUT2D eigenvalue weighted by Crippen LogP contribution is 2.16. The molecule has 0 aromatic carbocycles. The van der Waals surface area contributed by atoms with Crippen LogP contribution in [-0.2, 0) is 14.4 Å². The number of aryl methyl sites for hydroxylation is 1. The minimum atomic E-state index is -2.91. The quantitative estimate of drug-likeness (QED) is 0.352. The van der Waals surface area contributed by atoms with Crippen molar-refractivity contribution in [1.29, 1.82) is 0 Å². The number of hydrogen-bond acceptors (Lipinski definition) is 7. The predicted octanol–water partition coefficient (Wildman–Crippen LogP) is -4.45. The van der Waals surface area contributed by atoms with E-state index in [4.69, 9.17) is 10.2 Å². The lowest BCUT2D eigenvalue weighted by Gasteiger charge is -2.27. The smallest absolute Gasteiger partial charge is 0.360 e. The van der Waals surface area contributed by atoms with Crippen LogP contribution in [0.1, 0.15) is 29.7 Å². The number of likely N-dealkylation sites (N-methyl/N-ethyl adjacent to an activating group) is 1. The Labute approximate surface area is 166 Å². The summed E-state index contributed by atoms with van der Waals surface area (Å²) < 4.78 is 0. The van der Waals surface area contributed by atoms with Gasteiger partial charge in [-0.25, -0.2) is 4.90 Å². The molecule has 0 bridgehead atoms. The molecule has 4 N–H and O–H groups in total. The van der Waals surface area contributed by atoms with E-state index < -0.39 is 36.4 Å². The summed E-state index contributed by atoms with van der Waals surface area (Å²) in [5.41, 5.74) is -1.55. The van der Waals surface area contributed by atoms with E-state index in [0.717, 1.165) is 6.54 Å². The molecule has 1 aliphatic rings. The molecule has 10 heteroatoms. The van der Waals surface area contributed by atoms with Crippen molar-refractivity contribution in [3.05, 3.63) is 28.0 Å². The summed E-state index contributed by atoms with van der Waals surface area (Å²) in [5.74, 6) is -4.35. The van der Waals surface area contributed by atoms with Crippen molar-refractivity contribution < 1.29 is 44.7 Å². The lowest BCUT2D eigenvalue weighted by Crippen LogP contribution is -3.19. The van der Waals surface area contributed by atoms with Gasteiger partial charge in [0.2, 0.25) is 0 Å². The molecule has 28 heavy (non-hydrogen) atoms. The number of carboxylic acids is 3. The minimum Gasteiger partial charge on any atom is -0.550 e. The first-order valence-corrected chi connectivity index (χ1v) is 9.44. The third-order valence-corrected chi connectivity index (χ3v) is 5.05. The van der Waals surface area contributed by atoms with Crippen molar-refractivity contribution in [3.8, 4) is 0 Å². The normalized spacial score (nSPS) is 18.5. The predicted molar refractivity (Wildman–Crippen MR) is 97.1 cm³/mol. The number of aliphatic hydroxyl groups is 1. The van der Waals surface area contributed by atoms with Crippen LogP contribution in [0.25, 0.3) is 6.08 Å². The van der Waals surface area contributed by atoms with E-state index in [1.807, 2.05) is 0 Å². The van der Waals surface area contributed by atoms with Crippen molar-refractivity contribution in [2.24, 2.45) is 0 Å². The van der Waals surface area contributed by atoms with Gasteiger partial charge in [-0.1, -0.05) is 0 Å². The molecular weight excluding hydrogens is 388 g/mol. The van der Waals surface area contributed by atoms with Crippen molar-refractivity contribution in [3.63, 3.8) is 0 Å². The summed E-state index contributed by atoms with van der Waals surface area (Å²) in [6.07, 6.45) is 3.14. The van der Waals surface area contributed by atoms with Crippen LogP contribution in [-0.4, -0.2) is 59.7 Å². The van der Waals surface area contributed by atoms with E-state index in [0.29, 0.717) is 0 Å². The van der Waals surface area contributed by atoms with Crippen molar-refractivity contribution in [2.75, 3.05) is 20.1 Å². The second-order valence-corrected chi connectivity index (χ2v) is 7.41. The summed E-state index contributed by atoms with van der Waals surface area (Å²) >= 11 is 1.80. The third kappa shape index (κ3) is 7.59. The summed E-state index contributed by atoms with van der Waals surface area (Å²) in [6.45, 7) is 4.50. The lowest BCUT2D eigenvalue weighted by atomic mass is 9.96. The van der Waals surface area contributed by atoms with Gasteiger partial charge in [-0.05, 0) is 30.0 Å². The molecular formula is C18H24N2O7S. The molecule has 0 radical (unpaired) electrons. The molecule has 1 aliphatic heterocycles. The average Bonchev–Trinajstić information content (AvgIpc) is 2.98. The summed E-state index contributed by atoms with van der Waals surface area (Å²) in [5, 5.41) is 39.4. The zero-order valence-electron chi connectivity index (χ0n) is 15.7. The molecule has 9 nitrogen and oxygen atoms in total. The fourth-order valence-corrected chi connectivity index (χ4v) is 3.29. The molecule has 154 valence electrons. The van der Waals surface area contributed by atoms with Crippen LogP contribution in [0, 0.1) is 6.92 Å². The number of amidine groups is 1. The lowest BCUT2D eigenvalue weighted by molar-refractivity contribution is -0.822. The Hall–Kier alpha value is -2.56. The number of rotatable bonds is 7. The van der Waals surface area contributed by atoms with Gasteiger partial charge in [0.15, 0.2) is 6.54 Å². The Morgan fingerprint density at radius 1 is 1.32 bits per heavy atom. The van der Waals surface area contributed by atoms with Crippen molar-refractivity contribution in [2.45, 2.75) is 31.8 Å². The Morgan fingerprint density at radius 3 is 2.46 bits per heavy atom. The first-order chi connectivity index (χ1) is 13.0. The van der Waals surface area contributed by atoms with E-state index >= 15 is 0 Å². The Morgan fingerprint density at radius 2 is 2.00 bits per heavy atom. The highest BCUT2D eigenvalue weighted by atomic mass is 32.1. The Balaban J connectivity index is 0.000000284. The van der Waals surface area contributed by atoms with Crippen LogP contribution >= 0.6 is 11.3 Å². The zero-order chi connectivity index (χ0) is 21.3. The first-order valence-electron chi connectivity index (χ1n) is 8.56. The van der Waals surface area contributed by atoms with Gasteiger partial charge in [-0.15, -0.1) is 11.3 Å². The summed E-state index contributed by atoms with van der Waals surface area (Å²) in [4.78, 5) is 36.4. The number of thiophene rings is 1. The first kappa shape index (κ1) is 23.5. The topological polar surface area (TPSA) is 156 Å². The SMILES string of the molecule is Cc1ccsc1/C=C/C1=[NH+]CCC[NH+]1C.O=C([O-])CC(O)(CC(=O)O)C(=O)[O-]. The highest BCUT2D eigenvalue weighted by Gasteiger charge is 2.32. The third-order valence-electron chi connectivity index (χ3n) is 4.07. The van der Waals surface area contributed by atoms with Crippen molar-refractivity contribution in [1.82, 2.24) is 0 Å². The number of nitrogens with one attached hydrogen (secondary N) is 2. The van der Waals surface area contributed by atoms with Gasteiger partial charge < -0.3 is 30.0 Å². The second kappa shape index (κ2) is 10.7. The average molecular weight is 412 g/mol. The van der Waals surface area contributed by atoms with E-state index in [2.05, 4.69) is 42.6 Å². The largest absolute Gasteiger partial charge is 0.550 e. The number of carbonyl (C=O) groups is 3. The Bertz CT molecular complexity index is 754. The number of aliphatic carboxylic acids is 3. The molecule has 0 saturated carbocycles. The molecule has 2 heterocycles. The number of carbonyl (C=O) groups excluding carboxylic acids is 2. The molecule has 1 aromatic heterocycles. The molecule has 1 aromatic rings. The minimum absolute atomic E-state index is 1.11. The summed E-state index contributed by atoms with van der Waals surface area (Å²) in [7, 11) is 2.22. The van der Waals surface area contributed by atoms with Gasteiger partial charge in [-0.2, -0.15) is 4.99 Å². The van der Waals surface area contributed by atoms with Crippen LogP contribution < -0.4 is 20.1 Å². The maximum Gasteiger partial charge on any atom is 0.360 e. The van der Waals surface area contributed by atoms with Crippen LogP contribution in [0.15, 0.2) is 17.5 Å². The number of quaternary nitrogens is 1. The van der Waals surface area contributed by atoms with Gasteiger partial charge >= 0.3 is 11.8 Å². The van der Waals surface area contributed by atoms with E-state index in [1.165, 1.54) is 34.1 Å². The maximum atomic E-state index is 10.2.